The minimum atomic E-state index is -0.881. The summed E-state index contributed by atoms with van der Waals surface area (Å²) in [6.45, 7) is 0.670. The Balaban J connectivity index is 2.08. The van der Waals surface area contributed by atoms with Gasteiger partial charge in [0.1, 0.15) is 0 Å². The molecule has 14 heavy (non-hydrogen) atoms. The molecule has 0 saturated carbocycles. The van der Waals surface area contributed by atoms with Gasteiger partial charge in [-0.25, -0.2) is 0 Å². The number of benzene rings is 1. The van der Waals surface area contributed by atoms with Gasteiger partial charge in [0.05, 0.1) is 19.9 Å². The van der Waals surface area contributed by atoms with Crippen molar-refractivity contribution in [2.75, 3.05) is 13.3 Å². The molecule has 1 aromatic rings. The van der Waals surface area contributed by atoms with Crippen molar-refractivity contribution < 1.29 is 14.6 Å². The molecule has 0 heterocycles. The van der Waals surface area contributed by atoms with Crippen molar-refractivity contribution in [3.05, 3.63) is 35.9 Å². The van der Waals surface area contributed by atoms with Crippen LogP contribution in [-0.2, 0) is 16.1 Å². The van der Waals surface area contributed by atoms with Crippen LogP contribution in [0.1, 0.15) is 5.56 Å². The van der Waals surface area contributed by atoms with Crippen LogP contribution in [0, 0.1) is 0 Å². The first kappa shape index (κ1) is 10.7. The fraction of sp³-hybridized carbons (Fsp3) is 0.300. The molecule has 2 N–H and O–H groups in total. The molecule has 0 aliphatic carbocycles. The van der Waals surface area contributed by atoms with Crippen molar-refractivity contribution in [3.8, 4) is 0 Å². The molecule has 0 aromatic heterocycles. The number of carboxylic acid groups (broad SMARTS) is 1. The van der Waals surface area contributed by atoms with E-state index in [1.807, 2.05) is 30.3 Å². The van der Waals surface area contributed by atoms with E-state index >= 15 is 0 Å². The molecule has 1 aromatic carbocycles. The smallest absolute Gasteiger partial charge is 0.317 e. The number of nitrogens with one attached hydrogen (secondary N) is 1. The van der Waals surface area contributed by atoms with Crippen molar-refractivity contribution in [2.45, 2.75) is 6.61 Å². The third-order valence-electron chi connectivity index (χ3n) is 1.59. The molecule has 4 nitrogen and oxygen atoms in total. The Morgan fingerprint density at radius 1 is 1.36 bits per heavy atom. The third kappa shape index (κ3) is 4.59. The second-order valence-corrected chi connectivity index (χ2v) is 2.80. The van der Waals surface area contributed by atoms with Crippen LogP contribution in [0.4, 0.5) is 0 Å². The number of hydrogen-bond donors (Lipinski definition) is 2. The molecule has 0 atom stereocenters. The van der Waals surface area contributed by atoms with Crippen molar-refractivity contribution in [2.24, 2.45) is 0 Å². The molecular weight excluding hydrogens is 182 g/mol. The van der Waals surface area contributed by atoms with Crippen LogP contribution < -0.4 is 5.32 Å². The highest BCUT2D eigenvalue weighted by atomic mass is 16.5. The lowest BCUT2D eigenvalue weighted by Gasteiger charge is -2.04. The van der Waals surface area contributed by atoms with Crippen LogP contribution in [0.25, 0.3) is 0 Å². The Kier molecular flexibility index (Phi) is 4.68. The summed E-state index contributed by atoms with van der Waals surface area (Å²) in [7, 11) is 0. The van der Waals surface area contributed by atoms with Gasteiger partial charge in [-0.05, 0) is 5.56 Å². The van der Waals surface area contributed by atoms with E-state index in [9.17, 15) is 4.79 Å². The molecule has 0 aliphatic heterocycles. The highest BCUT2D eigenvalue weighted by Crippen LogP contribution is 1.99. The SMILES string of the molecule is O=C(O)CNCOCc1ccccc1. The summed E-state index contributed by atoms with van der Waals surface area (Å²) in [6.07, 6.45) is 0. The van der Waals surface area contributed by atoms with Crippen molar-refractivity contribution in [1.82, 2.24) is 5.32 Å². The molecule has 4 heteroatoms. The molecule has 0 aliphatic rings. The Bertz CT molecular complexity index is 274. The van der Waals surface area contributed by atoms with E-state index < -0.39 is 5.97 Å². The van der Waals surface area contributed by atoms with E-state index in [-0.39, 0.29) is 13.3 Å². The van der Waals surface area contributed by atoms with Gasteiger partial charge in [-0.1, -0.05) is 30.3 Å². The molecular formula is C10H13NO3. The molecule has 0 spiro atoms. The first-order chi connectivity index (χ1) is 6.79. The second kappa shape index (κ2) is 6.12. The fourth-order valence-corrected chi connectivity index (χ4v) is 0.973. The van der Waals surface area contributed by atoms with Crippen LogP contribution in [0.3, 0.4) is 0 Å². The number of carboxylic acids is 1. The average Bonchev–Trinajstić information content (AvgIpc) is 2.18. The van der Waals surface area contributed by atoms with Crippen molar-refractivity contribution in [1.29, 1.82) is 0 Å². The highest BCUT2D eigenvalue weighted by Gasteiger charge is 1.94. The maximum atomic E-state index is 10.1. The molecule has 1 rings (SSSR count). The summed E-state index contributed by atoms with van der Waals surface area (Å²) < 4.78 is 5.20. The predicted molar refractivity (Wildman–Crippen MR) is 51.7 cm³/mol. The van der Waals surface area contributed by atoms with Gasteiger partial charge in [-0.15, -0.1) is 0 Å². The Morgan fingerprint density at radius 2 is 2.07 bits per heavy atom. The number of ether oxygens (including phenoxy) is 1. The summed E-state index contributed by atoms with van der Waals surface area (Å²) in [6, 6.07) is 9.72. The summed E-state index contributed by atoms with van der Waals surface area (Å²) in [5, 5.41) is 10.9. The summed E-state index contributed by atoms with van der Waals surface area (Å²) in [5.74, 6) is -0.881. The van der Waals surface area contributed by atoms with Gasteiger partial charge in [0.25, 0.3) is 0 Å². The van der Waals surface area contributed by atoms with Crippen LogP contribution in [-0.4, -0.2) is 24.4 Å². The second-order valence-electron chi connectivity index (χ2n) is 2.80. The van der Waals surface area contributed by atoms with E-state index in [1.165, 1.54) is 0 Å². The van der Waals surface area contributed by atoms with Gasteiger partial charge in [-0.3, -0.25) is 10.1 Å². The Morgan fingerprint density at radius 3 is 2.71 bits per heavy atom. The molecule has 0 amide bonds. The van der Waals surface area contributed by atoms with Gasteiger partial charge in [0.2, 0.25) is 0 Å². The zero-order chi connectivity index (χ0) is 10.2. The number of carbonyl (C=O) groups is 1. The molecule has 0 saturated heterocycles. The van der Waals surface area contributed by atoms with E-state index in [0.717, 1.165) is 5.56 Å². The van der Waals surface area contributed by atoms with Crippen LogP contribution >= 0.6 is 0 Å². The molecule has 0 bridgehead atoms. The maximum absolute atomic E-state index is 10.1. The normalized spacial score (nSPS) is 10.0. The lowest BCUT2D eigenvalue weighted by molar-refractivity contribution is -0.136. The lowest BCUT2D eigenvalue weighted by Crippen LogP contribution is -2.24. The maximum Gasteiger partial charge on any atom is 0.317 e. The summed E-state index contributed by atoms with van der Waals surface area (Å²) in [5.41, 5.74) is 1.07. The highest BCUT2D eigenvalue weighted by molar-refractivity contribution is 5.68. The molecule has 76 valence electrons. The van der Waals surface area contributed by atoms with Gasteiger partial charge in [0.15, 0.2) is 0 Å². The molecule has 0 radical (unpaired) electrons. The monoisotopic (exact) mass is 195 g/mol. The van der Waals surface area contributed by atoms with E-state index in [1.54, 1.807) is 0 Å². The zero-order valence-electron chi connectivity index (χ0n) is 7.77. The topological polar surface area (TPSA) is 58.6 Å². The van der Waals surface area contributed by atoms with Gasteiger partial charge in [0, 0.05) is 0 Å². The fourth-order valence-electron chi connectivity index (χ4n) is 0.973. The van der Waals surface area contributed by atoms with Crippen LogP contribution in [0.5, 0.6) is 0 Å². The minimum Gasteiger partial charge on any atom is -0.480 e. The van der Waals surface area contributed by atoms with Gasteiger partial charge >= 0.3 is 5.97 Å². The molecule has 0 unspecified atom stereocenters. The number of aliphatic carboxylic acids is 1. The van der Waals surface area contributed by atoms with Crippen LogP contribution in [0.2, 0.25) is 0 Å². The Labute approximate surface area is 82.5 Å². The number of rotatable bonds is 6. The summed E-state index contributed by atoms with van der Waals surface area (Å²) in [4.78, 5) is 10.1. The van der Waals surface area contributed by atoms with Crippen molar-refractivity contribution in [3.63, 3.8) is 0 Å². The van der Waals surface area contributed by atoms with Crippen LogP contribution in [0.15, 0.2) is 30.3 Å². The quantitative estimate of drug-likeness (QED) is 0.521. The van der Waals surface area contributed by atoms with Gasteiger partial charge < -0.3 is 9.84 Å². The first-order valence-electron chi connectivity index (χ1n) is 4.33. The molecule has 0 fully saturated rings. The predicted octanol–water partition coefficient (Wildman–Crippen LogP) is 0.835. The average molecular weight is 195 g/mol. The minimum absolute atomic E-state index is 0.0746. The first-order valence-corrected chi connectivity index (χ1v) is 4.33. The third-order valence-corrected chi connectivity index (χ3v) is 1.59. The largest absolute Gasteiger partial charge is 0.480 e. The van der Waals surface area contributed by atoms with E-state index in [2.05, 4.69) is 5.32 Å². The lowest BCUT2D eigenvalue weighted by atomic mass is 10.2. The van der Waals surface area contributed by atoms with Gasteiger partial charge in [-0.2, -0.15) is 0 Å². The Hall–Kier alpha value is -1.39. The van der Waals surface area contributed by atoms with Crippen molar-refractivity contribution >= 4 is 5.97 Å². The zero-order valence-corrected chi connectivity index (χ0v) is 7.77. The number of hydrogen-bond acceptors (Lipinski definition) is 3. The summed E-state index contributed by atoms with van der Waals surface area (Å²) >= 11 is 0. The standard InChI is InChI=1S/C10H13NO3/c12-10(13)6-11-8-14-7-9-4-2-1-3-5-9/h1-5,11H,6-8H2,(H,12,13). The van der Waals surface area contributed by atoms with E-state index in [0.29, 0.717) is 6.61 Å². The van der Waals surface area contributed by atoms with E-state index in [4.69, 9.17) is 9.84 Å².